The molecule has 5 heteroatoms. The van der Waals surface area contributed by atoms with Crippen molar-refractivity contribution in [2.24, 2.45) is 0 Å². The van der Waals surface area contributed by atoms with Gasteiger partial charge in [0.05, 0.1) is 17.7 Å². The summed E-state index contributed by atoms with van der Waals surface area (Å²) < 4.78 is 4.88. The van der Waals surface area contributed by atoms with Crippen molar-refractivity contribution in [1.82, 2.24) is 0 Å². The Balaban J connectivity index is 2.22. The third-order valence-electron chi connectivity index (χ3n) is 3.07. The summed E-state index contributed by atoms with van der Waals surface area (Å²) in [6, 6.07) is 11.0. The van der Waals surface area contributed by atoms with E-state index in [9.17, 15) is 14.7 Å². The van der Waals surface area contributed by atoms with Crippen molar-refractivity contribution in [2.75, 3.05) is 6.61 Å². The van der Waals surface area contributed by atoms with E-state index in [1.807, 2.05) is 0 Å². The summed E-state index contributed by atoms with van der Waals surface area (Å²) in [5.41, 5.74) is 1.05. The fourth-order valence-corrected chi connectivity index (χ4v) is 2.04. The van der Waals surface area contributed by atoms with Gasteiger partial charge in [0.15, 0.2) is 5.78 Å². The summed E-state index contributed by atoms with van der Waals surface area (Å²) in [6.45, 7) is 1.93. The number of rotatable bonds is 5. The van der Waals surface area contributed by atoms with E-state index in [0.717, 1.165) is 5.56 Å². The number of ketones is 1. The molecular weight excluding hydrogens is 316 g/mol. The largest absolute Gasteiger partial charge is 0.507 e. The van der Waals surface area contributed by atoms with Crippen molar-refractivity contribution in [2.45, 2.75) is 6.92 Å². The molecule has 0 heterocycles. The maximum atomic E-state index is 12.2. The van der Waals surface area contributed by atoms with Gasteiger partial charge in [0, 0.05) is 5.02 Å². The first kappa shape index (κ1) is 16.8. The molecule has 0 saturated heterocycles. The van der Waals surface area contributed by atoms with Crippen LogP contribution in [-0.2, 0) is 4.74 Å². The van der Waals surface area contributed by atoms with Gasteiger partial charge in [0.25, 0.3) is 0 Å². The van der Waals surface area contributed by atoms with Crippen molar-refractivity contribution >= 4 is 29.4 Å². The number of hydrogen-bond donors (Lipinski definition) is 1. The standard InChI is InChI=1S/C18H15ClO4/c1-2-23-18(22)13-6-10-17(21)15(11-13)16(20)9-5-12-3-7-14(19)8-4-12/h3-11,21H,2H2,1H3/b9-5+. The molecule has 0 aliphatic carbocycles. The lowest BCUT2D eigenvalue weighted by Crippen LogP contribution is -2.06. The lowest BCUT2D eigenvalue weighted by atomic mass is 10.0. The molecular formula is C18H15ClO4. The second kappa shape index (κ2) is 7.61. The van der Waals surface area contributed by atoms with E-state index in [1.54, 1.807) is 37.3 Å². The van der Waals surface area contributed by atoms with Crippen LogP contribution in [0.15, 0.2) is 48.5 Å². The monoisotopic (exact) mass is 330 g/mol. The van der Waals surface area contributed by atoms with Crippen LogP contribution in [0.3, 0.4) is 0 Å². The molecule has 2 aromatic carbocycles. The summed E-state index contributed by atoms with van der Waals surface area (Å²) >= 11 is 5.80. The highest BCUT2D eigenvalue weighted by atomic mass is 35.5. The molecule has 2 aromatic rings. The van der Waals surface area contributed by atoms with Gasteiger partial charge in [-0.25, -0.2) is 4.79 Å². The molecule has 0 amide bonds. The maximum absolute atomic E-state index is 12.2. The molecule has 23 heavy (non-hydrogen) atoms. The van der Waals surface area contributed by atoms with E-state index in [4.69, 9.17) is 16.3 Å². The van der Waals surface area contributed by atoms with Crippen molar-refractivity contribution in [3.05, 3.63) is 70.3 Å². The van der Waals surface area contributed by atoms with E-state index < -0.39 is 11.8 Å². The number of carbonyl (C=O) groups excluding carboxylic acids is 2. The number of carbonyl (C=O) groups is 2. The lowest BCUT2D eigenvalue weighted by molar-refractivity contribution is 0.0526. The Morgan fingerprint density at radius 3 is 2.52 bits per heavy atom. The third-order valence-corrected chi connectivity index (χ3v) is 3.32. The highest BCUT2D eigenvalue weighted by molar-refractivity contribution is 6.30. The van der Waals surface area contributed by atoms with Crippen LogP contribution in [0, 0.1) is 0 Å². The first-order valence-electron chi connectivity index (χ1n) is 6.99. The van der Waals surface area contributed by atoms with Gasteiger partial charge in [-0.3, -0.25) is 4.79 Å². The molecule has 0 saturated carbocycles. The minimum atomic E-state index is -0.539. The predicted octanol–water partition coefficient (Wildman–Crippen LogP) is 4.12. The van der Waals surface area contributed by atoms with Crippen LogP contribution >= 0.6 is 11.6 Å². The Labute approximate surface area is 139 Å². The van der Waals surface area contributed by atoms with E-state index in [2.05, 4.69) is 0 Å². The SMILES string of the molecule is CCOC(=O)c1ccc(O)c(C(=O)/C=C/c2ccc(Cl)cc2)c1. The molecule has 0 atom stereocenters. The molecule has 118 valence electrons. The Hall–Kier alpha value is -2.59. The molecule has 0 unspecified atom stereocenters. The first-order chi connectivity index (χ1) is 11.0. The molecule has 2 rings (SSSR count). The number of allylic oxidation sites excluding steroid dienone is 1. The number of esters is 1. The maximum Gasteiger partial charge on any atom is 0.338 e. The van der Waals surface area contributed by atoms with Crippen LogP contribution in [0.2, 0.25) is 5.02 Å². The molecule has 4 nitrogen and oxygen atoms in total. The molecule has 0 aliphatic rings. The fraction of sp³-hybridized carbons (Fsp3) is 0.111. The van der Waals surface area contributed by atoms with Crippen molar-refractivity contribution in [3.8, 4) is 5.75 Å². The van der Waals surface area contributed by atoms with E-state index in [1.165, 1.54) is 24.3 Å². The van der Waals surface area contributed by atoms with Gasteiger partial charge in [0.1, 0.15) is 5.75 Å². The molecule has 1 N–H and O–H groups in total. The van der Waals surface area contributed by atoms with Gasteiger partial charge < -0.3 is 9.84 Å². The zero-order chi connectivity index (χ0) is 16.8. The van der Waals surface area contributed by atoms with Crippen LogP contribution in [0.25, 0.3) is 6.08 Å². The third kappa shape index (κ3) is 4.44. The van der Waals surface area contributed by atoms with Crippen LogP contribution in [0.5, 0.6) is 5.75 Å². The second-order valence-electron chi connectivity index (χ2n) is 4.70. The lowest BCUT2D eigenvalue weighted by Gasteiger charge is -2.05. The number of benzene rings is 2. The Kier molecular flexibility index (Phi) is 5.55. The highest BCUT2D eigenvalue weighted by Crippen LogP contribution is 2.21. The summed E-state index contributed by atoms with van der Waals surface area (Å²) in [4.78, 5) is 23.9. The predicted molar refractivity (Wildman–Crippen MR) is 88.9 cm³/mol. The summed E-state index contributed by atoms with van der Waals surface area (Å²) in [5, 5.41) is 10.4. The van der Waals surface area contributed by atoms with Gasteiger partial charge in [0.2, 0.25) is 0 Å². The number of hydrogen-bond acceptors (Lipinski definition) is 4. The number of phenols is 1. The Morgan fingerprint density at radius 2 is 1.87 bits per heavy atom. The normalized spacial score (nSPS) is 10.7. The Morgan fingerprint density at radius 1 is 1.17 bits per heavy atom. The van der Waals surface area contributed by atoms with Gasteiger partial charge in [-0.2, -0.15) is 0 Å². The highest BCUT2D eigenvalue weighted by Gasteiger charge is 2.13. The number of halogens is 1. The summed E-state index contributed by atoms with van der Waals surface area (Å²) in [5.74, 6) is -1.14. The second-order valence-corrected chi connectivity index (χ2v) is 5.14. The Bertz CT molecular complexity index is 748. The van der Waals surface area contributed by atoms with E-state index in [0.29, 0.717) is 5.02 Å². The van der Waals surface area contributed by atoms with Crippen LogP contribution in [-0.4, -0.2) is 23.5 Å². The minimum absolute atomic E-state index is 0.0424. The van der Waals surface area contributed by atoms with Gasteiger partial charge >= 0.3 is 5.97 Å². The zero-order valence-electron chi connectivity index (χ0n) is 12.5. The number of phenolic OH excluding ortho intramolecular Hbond substituents is 1. The van der Waals surface area contributed by atoms with Gasteiger partial charge in [-0.05, 0) is 48.9 Å². The quantitative estimate of drug-likeness (QED) is 0.509. The van der Waals surface area contributed by atoms with Crippen LogP contribution in [0.1, 0.15) is 33.2 Å². The van der Waals surface area contributed by atoms with Crippen molar-refractivity contribution in [3.63, 3.8) is 0 Å². The first-order valence-corrected chi connectivity index (χ1v) is 7.37. The fourth-order valence-electron chi connectivity index (χ4n) is 1.91. The molecule has 0 fully saturated rings. The molecule has 0 spiro atoms. The van der Waals surface area contributed by atoms with Crippen molar-refractivity contribution < 1.29 is 19.4 Å². The molecule has 0 radical (unpaired) electrons. The smallest absolute Gasteiger partial charge is 0.338 e. The molecule has 0 aliphatic heterocycles. The average Bonchev–Trinajstić information content (AvgIpc) is 2.54. The molecule has 0 aromatic heterocycles. The zero-order valence-corrected chi connectivity index (χ0v) is 13.2. The average molecular weight is 331 g/mol. The van der Waals surface area contributed by atoms with Gasteiger partial charge in [-0.15, -0.1) is 0 Å². The topological polar surface area (TPSA) is 63.6 Å². The van der Waals surface area contributed by atoms with E-state index >= 15 is 0 Å². The van der Waals surface area contributed by atoms with E-state index in [-0.39, 0.29) is 23.5 Å². The summed E-state index contributed by atoms with van der Waals surface area (Å²) in [7, 11) is 0. The van der Waals surface area contributed by atoms with Crippen LogP contribution in [0.4, 0.5) is 0 Å². The van der Waals surface area contributed by atoms with Crippen molar-refractivity contribution in [1.29, 1.82) is 0 Å². The molecule has 0 bridgehead atoms. The minimum Gasteiger partial charge on any atom is -0.507 e. The van der Waals surface area contributed by atoms with Gasteiger partial charge in [-0.1, -0.05) is 29.8 Å². The number of ether oxygens (including phenoxy) is 1. The summed E-state index contributed by atoms with van der Waals surface area (Å²) in [6.07, 6.45) is 2.93. The van der Waals surface area contributed by atoms with Crippen LogP contribution < -0.4 is 0 Å². The number of aromatic hydroxyl groups is 1.